The quantitative estimate of drug-likeness (QED) is 0.442. The van der Waals surface area contributed by atoms with E-state index in [-0.39, 0.29) is 0 Å². The highest BCUT2D eigenvalue weighted by atomic mass is 35.5. The van der Waals surface area contributed by atoms with Crippen molar-refractivity contribution in [3.63, 3.8) is 0 Å². The van der Waals surface area contributed by atoms with Gasteiger partial charge in [0.1, 0.15) is 29.5 Å². The van der Waals surface area contributed by atoms with E-state index < -0.39 is 0 Å². The van der Waals surface area contributed by atoms with Crippen LogP contribution in [-0.2, 0) is 6.61 Å². The van der Waals surface area contributed by atoms with Crippen molar-refractivity contribution in [2.45, 2.75) is 6.61 Å². The van der Waals surface area contributed by atoms with Gasteiger partial charge in [-0.25, -0.2) is 4.98 Å². The zero-order valence-corrected chi connectivity index (χ0v) is 15.1. The number of rotatable bonds is 5. The Bertz CT molecular complexity index is 1050. The third-order valence-electron chi connectivity index (χ3n) is 3.85. The molecular formula is C20H14Cl2N2O2. The van der Waals surface area contributed by atoms with E-state index in [0.29, 0.717) is 28.2 Å². The van der Waals surface area contributed by atoms with Crippen molar-refractivity contribution in [3.05, 3.63) is 82.6 Å². The minimum absolute atomic E-state index is 0.345. The predicted molar refractivity (Wildman–Crippen MR) is 103 cm³/mol. The molecule has 4 rings (SSSR count). The maximum atomic E-state index is 6.15. The van der Waals surface area contributed by atoms with Gasteiger partial charge >= 0.3 is 0 Å². The Hall–Kier alpha value is -2.69. The number of nitrogens with one attached hydrogen (secondary N) is 1. The second kappa shape index (κ2) is 7.28. The number of nitrogens with zero attached hydrogens (tertiary/aromatic N) is 1. The number of para-hydroxylation sites is 1. The molecule has 26 heavy (non-hydrogen) atoms. The first-order valence-corrected chi connectivity index (χ1v) is 8.71. The second-order valence-corrected chi connectivity index (χ2v) is 6.50. The largest absolute Gasteiger partial charge is 0.487 e. The van der Waals surface area contributed by atoms with Gasteiger partial charge in [-0.1, -0.05) is 41.4 Å². The Balaban J connectivity index is 1.56. The Labute approximate surface area is 160 Å². The van der Waals surface area contributed by atoms with Gasteiger partial charge in [0.2, 0.25) is 0 Å². The van der Waals surface area contributed by atoms with Crippen LogP contribution in [-0.4, -0.2) is 9.97 Å². The molecule has 6 heteroatoms. The summed E-state index contributed by atoms with van der Waals surface area (Å²) in [6.45, 7) is 0.345. The van der Waals surface area contributed by atoms with Crippen LogP contribution < -0.4 is 9.47 Å². The monoisotopic (exact) mass is 384 g/mol. The van der Waals surface area contributed by atoms with Crippen molar-refractivity contribution in [1.82, 2.24) is 9.97 Å². The average Bonchev–Trinajstić information content (AvgIpc) is 3.04. The molecule has 0 fully saturated rings. The molecule has 0 saturated carbocycles. The molecule has 0 atom stereocenters. The van der Waals surface area contributed by atoms with Crippen molar-refractivity contribution >= 4 is 34.2 Å². The van der Waals surface area contributed by atoms with Crippen LogP contribution in [0.1, 0.15) is 5.56 Å². The van der Waals surface area contributed by atoms with E-state index in [4.69, 9.17) is 32.7 Å². The summed E-state index contributed by atoms with van der Waals surface area (Å²) in [5.74, 6) is 2.00. The van der Waals surface area contributed by atoms with E-state index in [0.717, 1.165) is 22.3 Å². The highest BCUT2D eigenvalue weighted by molar-refractivity contribution is 6.35. The number of ether oxygens (including phenoxy) is 2. The molecule has 0 saturated heterocycles. The third-order valence-corrected chi connectivity index (χ3v) is 4.38. The highest BCUT2D eigenvalue weighted by Gasteiger charge is 2.09. The van der Waals surface area contributed by atoms with Crippen molar-refractivity contribution in [2.75, 3.05) is 0 Å². The van der Waals surface area contributed by atoms with Gasteiger partial charge in [-0.2, -0.15) is 0 Å². The smallest absolute Gasteiger partial charge is 0.146 e. The summed E-state index contributed by atoms with van der Waals surface area (Å²) in [5.41, 5.74) is 1.73. The molecule has 0 aliphatic rings. The van der Waals surface area contributed by atoms with Gasteiger partial charge in [0.25, 0.3) is 0 Å². The van der Waals surface area contributed by atoms with Gasteiger partial charge < -0.3 is 14.5 Å². The molecule has 4 aromatic rings. The van der Waals surface area contributed by atoms with Crippen molar-refractivity contribution in [3.8, 4) is 17.2 Å². The highest BCUT2D eigenvalue weighted by Crippen LogP contribution is 2.30. The summed E-state index contributed by atoms with van der Waals surface area (Å²) in [6, 6.07) is 16.7. The van der Waals surface area contributed by atoms with E-state index in [2.05, 4.69) is 9.97 Å². The molecule has 2 aromatic heterocycles. The molecule has 2 aromatic carbocycles. The van der Waals surface area contributed by atoms with Gasteiger partial charge in [-0.3, -0.25) is 0 Å². The third kappa shape index (κ3) is 3.62. The molecule has 0 amide bonds. The van der Waals surface area contributed by atoms with Crippen LogP contribution in [0.4, 0.5) is 0 Å². The minimum atomic E-state index is 0.345. The van der Waals surface area contributed by atoms with E-state index in [1.807, 2.05) is 42.6 Å². The lowest BCUT2D eigenvalue weighted by Crippen LogP contribution is -1.95. The molecule has 0 unspecified atom stereocenters. The maximum Gasteiger partial charge on any atom is 0.146 e. The summed E-state index contributed by atoms with van der Waals surface area (Å²) in [6.07, 6.45) is 3.56. The topological polar surface area (TPSA) is 47.1 Å². The van der Waals surface area contributed by atoms with Gasteiger partial charge in [0.15, 0.2) is 0 Å². The first kappa shape index (κ1) is 16.8. The van der Waals surface area contributed by atoms with Crippen molar-refractivity contribution in [2.24, 2.45) is 0 Å². The lowest BCUT2D eigenvalue weighted by atomic mass is 10.2. The molecule has 4 nitrogen and oxygen atoms in total. The lowest BCUT2D eigenvalue weighted by molar-refractivity contribution is 0.308. The molecule has 130 valence electrons. The number of fused-ring (bicyclic) bond motifs is 1. The normalized spacial score (nSPS) is 10.8. The Morgan fingerprint density at radius 3 is 2.62 bits per heavy atom. The van der Waals surface area contributed by atoms with Crippen LogP contribution in [0.5, 0.6) is 17.2 Å². The SMILES string of the molecule is Clc1ccc(OCc2c[nH]c3ncc(Oc4ccccc4)cc23)c(Cl)c1. The zero-order valence-electron chi connectivity index (χ0n) is 13.6. The number of benzene rings is 2. The number of aromatic amines is 1. The first-order valence-electron chi connectivity index (χ1n) is 7.96. The van der Waals surface area contributed by atoms with Crippen LogP contribution in [0.3, 0.4) is 0 Å². The van der Waals surface area contributed by atoms with Crippen LogP contribution >= 0.6 is 23.2 Å². The summed E-state index contributed by atoms with van der Waals surface area (Å²) < 4.78 is 11.7. The van der Waals surface area contributed by atoms with Gasteiger partial charge in [-0.05, 0) is 36.4 Å². The standard InChI is InChI=1S/C20H14Cl2N2O2/c21-14-6-7-19(18(22)8-14)25-12-13-10-23-20-17(13)9-16(11-24-20)26-15-4-2-1-3-5-15/h1-11H,12H2,(H,23,24). The molecule has 1 N–H and O–H groups in total. The number of pyridine rings is 1. The van der Waals surface area contributed by atoms with Crippen LogP contribution in [0.25, 0.3) is 11.0 Å². The minimum Gasteiger partial charge on any atom is -0.487 e. The van der Waals surface area contributed by atoms with E-state index in [1.165, 1.54) is 0 Å². The van der Waals surface area contributed by atoms with Crippen LogP contribution in [0.15, 0.2) is 67.0 Å². The summed E-state index contributed by atoms with van der Waals surface area (Å²) in [4.78, 5) is 7.54. The number of hydrogen-bond donors (Lipinski definition) is 1. The fourth-order valence-corrected chi connectivity index (χ4v) is 3.05. The molecule has 0 aliphatic heterocycles. The molecule has 0 radical (unpaired) electrons. The fraction of sp³-hybridized carbons (Fsp3) is 0.0500. The maximum absolute atomic E-state index is 6.15. The van der Waals surface area contributed by atoms with Gasteiger partial charge in [-0.15, -0.1) is 0 Å². The summed E-state index contributed by atoms with van der Waals surface area (Å²) in [7, 11) is 0. The Morgan fingerprint density at radius 2 is 1.81 bits per heavy atom. The van der Waals surface area contributed by atoms with Crippen LogP contribution in [0, 0.1) is 0 Å². The zero-order chi connectivity index (χ0) is 17.9. The number of hydrogen-bond acceptors (Lipinski definition) is 3. The molecular weight excluding hydrogens is 371 g/mol. The molecule has 2 heterocycles. The fourth-order valence-electron chi connectivity index (χ4n) is 2.59. The van der Waals surface area contributed by atoms with Gasteiger partial charge in [0, 0.05) is 22.2 Å². The predicted octanol–water partition coefficient (Wildman–Crippen LogP) is 6.24. The molecule has 0 aliphatic carbocycles. The Morgan fingerprint density at radius 1 is 0.962 bits per heavy atom. The summed E-state index contributed by atoms with van der Waals surface area (Å²) >= 11 is 12.1. The lowest BCUT2D eigenvalue weighted by Gasteiger charge is -2.08. The number of aromatic nitrogens is 2. The average molecular weight is 385 g/mol. The number of H-pyrrole nitrogens is 1. The second-order valence-electron chi connectivity index (χ2n) is 5.66. The van der Waals surface area contributed by atoms with E-state index in [9.17, 15) is 0 Å². The van der Waals surface area contributed by atoms with E-state index in [1.54, 1.807) is 24.4 Å². The Kier molecular flexibility index (Phi) is 4.69. The van der Waals surface area contributed by atoms with Crippen molar-refractivity contribution in [1.29, 1.82) is 0 Å². The van der Waals surface area contributed by atoms with E-state index >= 15 is 0 Å². The molecule has 0 spiro atoms. The van der Waals surface area contributed by atoms with Crippen LogP contribution in [0.2, 0.25) is 10.0 Å². The number of halogens is 2. The van der Waals surface area contributed by atoms with Crippen molar-refractivity contribution < 1.29 is 9.47 Å². The van der Waals surface area contributed by atoms with Gasteiger partial charge in [0.05, 0.1) is 11.2 Å². The molecule has 0 bridgehead atoms. The first-order chi connectivity index (χ1) is 12.7. The summed E-state index contributed by atoms with van der Waals surface area (Å²) in [5, 5.41) is 1.98.